The molecule has 0 heterocycles. The summed E-state index contributed by atoms with van der Waals surface area (Å²) in [4.78, 5) is 27.3. The quantitative estimate of drug-likeness (QED) is 0.569. The van der Waals surface area contributed by atoms with E-state index in [1.165, 1.54) is 0 Å². The number of hydrogen-bond acceptors (Lipinski definition) is 3. The third-order valence-corrected chi connectivity index (χ3v) is 5.18. The molecule has 1 atom stereocenters. The van der Waals surface area contributed by atoms with Crippen molar-refractivity contribution in [2.24, 2.45) is 0 Å². The van der Waals surface area contributed by atoms with Crippen LogP contribution in [-0.2, 0) is 16.0 Å². The molecule has 162 valence electrons. The van der Waals surface area contributed by atoms with Gasteiger partial charge in [0.05, 0.1) is 0 Å². The van der Waals surface area contributed by atoms with Gasteiger partial charge in [-0.05, 0) is 56.4 Å². The van der Waals surface area contributed by atoms with E-state index in [9.17, 15) is 9.59 Å². The number of nitrogens with zero attached hydrogens (tertiary/aromatic N) is 1. The molecule has 30 heavy (non-hydrogen) atoms. The van der Waals surface area contributed by atoms with Crippen LogP contribution >= 0.6 is 0 Å². The van der Waals surface area contributed by atoms with Crippen molar-refractivity contribution in [2.75, 3.05) is 19.7 Å². The highest BCUT2D eigenvalue weighted by Crippen LogP contribution is 2.19. The van der Waals surface area contributed by atoms with Crippen LogP contribution in [-0.4, -0.2) is 42.5 Å². The van der Waals surface area contributed by atoms with Gasteiger partial charge in [-0.25, -0.2) is 0 Å². The predicted octanol–water partition coefficient (Wildman–Crippen LogP) is 4.06. The molecule has 5 nitrogen and oxygen atoms in total. The number of carbonyl (C=O) groups is 2. The van der Waals surface area contributed by atoms with Crippen LogP contribution in [0.5, 0.6) is 5.75 Å². The predicted molar refractivity (Wildman–Crippen MR) is 121 cm³/mol. The Morgan fingerprint density at radius 3 is 2.53 bits per heavy atom. The monoisotopic (exact) mass is 410 g/mol. The Bertz CT molecular complexity index is 820. The summed E-state index contributed by atoms with van der Waals surface area (Å²) in [6.07, 6.45) is 2.61. The van der Waals surface area contributed by atoms with Crippen LogP contribution in [0.3, 0.4) is 0 Å². The average Bonchev–Trinajstić information content (AvgIpc) is 2.75. The summed E-state index contributed by atoms with van der Waals surface area (Å²) in [5.74, 6) is 0.382. The molecular weight excluding hydrogens is 376 g/mol. The fourth-order valence-electron chi connectivity index (χ4n) is 3.19. The van der Waals surface area contributed by atoms with E-state index in [-0.39, 0.29) is 18.4 Å². The first-order valence-corrected chi connectivity index (χ1v) is 10.7. The Morgan fingerprint density at radius 2 is 1.83 bits per heavy atom. The van der Waals surface area contributed by atoms with Gasteiger partial charge in [-0.2, -0.15) is 0 Å². The molecule has 2 aromatic carbocycles. The van der Waals surface area contributed by atoms with Crippen molar-refractivity contribution in [2.45, 2.75) is 53.0 Å². The molecule has 0 aliphatic carbocycles. The van der Waals surface area contributed by atoms with Crippen LogP contribution in [0.2, 0.25) is 0 Å². The maximum atomic E-state index is 13.0. The summed E-state index contributed by atoms with van der Waals surface area (Å²) in [5.41, 5.74) is 3.19. The van der Waals surface area contributed by atoms with Crippen molar-refractivity contribution in [3.05, 3.63) is 65.2 Å². The highest BCUT2D eigenvalue weighted by molar-refractivity contribution is 5.88. The second-order valence-electron chi connectivity index (χ2n) is 7.70. The van der Waals surface area contributed by atoms with Gasteiger partial charge in [0, 0.05) is 13.1 Å². The van der Waals surface area contributed by atoms with Crippen molar-refractivity contribution in [3.8, 4) is 5.75 Å². The highest BCUT2D eigenvalue weighted by atomic mass is 16.5. The summed E-state index contributed by atoms with van der Waals surface area (Å²) >= 11 is 0. The Hall–Kier alpha value is -2.82. The van der Waals surface area contributed by atoms with Crippen LogP contribution in [0.25, 0.3) is 0 Å². The molecule has 0 aromatic heterocycles. The zero-order chi connectivity index (χ0) is 21.9. The Labute approximate surface area is 180 Å². The van der Waals surface area contributed by atoms with Gasteiger partial charge in [0.2, 0.25) is 5.91 Å². The summed E-state index contributed by atoms with van der Waals surface area (Å²) in [5, 5.41) is 2.93. The SMILES string of the molecule is CCCCNC(=O)[C@H](C)N(CCc1ccccc1)C(=O)COc1cc(C)ccc1C. The molecule has 1 N–H and O–H groups in total. The number of benzene rings is 2. The lowest BCUT2D eigenvalue weighted by Gasteiger charge is -2.29. The van der Waals surface area contributed by atoms with E-state index in [0.29, 0.717) is 25.3 Å². The minimum Gasteiger partial charge on any atom is -0.483 e. The van der Waals surface area contributed by atoms with Gasteiger partial charge in [-0.15, -0.1) is 0 Å². The molecule has 0 saturated heterocycles. The fraction of sp³-hybridized carbons (Fsp3) is 0.440. The summed E-state index contributed by atoms with van der Waals surface area (Å²) in [7, 11) is 0. The molecule has 0 fully saturated rings. The minimum atomic E-state index is -0.555. The van der Waals surface area contributed by atoms with Gasteiger partial charge in [-0.1, -0.05) is 55.8 Å². The third kappa shape index (κ3) is 7.21. The molecule has 2 amide bonds. The average molecular weight is 411 g/mol. The van der Waals surface area contributed by atoms with Gasteiger partial charge >= 0.3 is 0 Å². The van der Waals surface area contributed by atoms with E-state index in [2.05, 4.69) is 12.2 Å². The van der Waals surface area contributed by atoms with Gasteiger partial charge in [0.15, 0.2) is 6.61 Å². The molecule has 5 heteroatoms. The third-order valence-electron chi connectivity index (χ3n) is 5.18. The second-order valence-corrected chi connectivity index (χ2v) is 7.70. The number of ether oxygens (including phenoxy) is 1. The molecule has 0 unspecified atom stereocenters. The van der Waals surface area contributed by atoms with Gasteiger partial charge in [0.25, 0.3) is 5.91 Å². The Kier molecular flexibility index (Phi) is 9.39. The Balaban J connectivity index is 2.06. The zero-order valence-electron chi connectivity index (χ0n) is 18.6. The van der Waals surface area contributed by atoms with E-state index in [4.69, 9.17) is 4.74 Å². The van der Waals surface area contributed by atoms with E-state index >= 15 is 0 Å². The number of amides is 2. The van der Waals surface area contributed by atoms with Crippen LogP contribution < -0.4 is 10.1 Å². The summed E-state index contributed by atoms with van der Waals surface area (Å²) < 4.78 is 5.82. The zero-order valence-corrected chi connectivity index (χ0v) is 18.6. The van der Waals surface area contributed by atoms with Crippen molar-refractivity contribution in [1.82, 2.24) is 10.2 Å². The maximum Gasteiger partial charge on any atom is 0.261 e. The molecule has 0 radical (unpaired) electrons. The van der Waals surface area contributed by atoms with E-state index < -0.39 is 6.04 Å². The lowest BCUT2D eigenvalue weighted by atomic mass is 10.1. The maximum absolute atomic E-state index is 13.0. The molecule has 0 bridgehead atoms. The lowest BCUT2D eigenvalue weighted by molar-refractivity contribution is -0.141. The molecule has 0 aliphatic heterocycles. The fourth-order valence-corrected chi connectivity index (χ4v) is 3.19. The number of unbranched alkanes of at least 4 members (excludes halogenated alkanes) is 1. The molecular formula is C25H34N2O3. The minimum absolute atomic E-state index is 0.0916. The first-order valence-electron chi connectivity index (χ1n) is 10.7. The molecule has 2 aromatic rings. The second kappa shape index (κ2) is 12.0. The summed E-state index contributed by atoms with van der Waals surface area (Å²) in [6, 6.07) is 15.3. The standard InChI is InChI=1S/C25H34N2O3/c1-5-6-15-26-25(29)21(4)27(16-14-22-10-8-7-9-11-22)24(28)18-30-23-17-19(2)12-13-20(23)3/h7-13,17,21H,5-6,14-16,18H2,1-4H3,(H,26,29)/t21-/m0/s1. The van der Waals surface area contributed by atoms with Crippen molar-refractivity contribution in [1.29, 1.82) is 0 Å². The smallest absolute Gasteiger partial charge is 0.261 e. The van der Waals surface area contributed by atoms with Gasteiger partial charge < -0.3 is 15.0 Å². The van der Waals surface area contributed by atoms with E-state index in [1.54, 1.807) is 11.8 Å². The Morgan fingerprint density at radius 1 is 1.10 bits per heavy atom. The molecule has 0 spiro atoms. The van der Waals surface area contributed by atoms with Gasteiger partial charge in [0.1, 0.15) is 11.8 Å². The molecule has 0 aliphatic rings. The van der Waals surface area contributed by atoms with Crippen LogP contribution in [0.15, 0.2) is 48.5 Å². The van der Waals surface area contributed by atoms with Crippen LogP contribution in [0, 0.1) is 13.8 Å². The topological polar surface area (TPSA) is 58.6 Å². The number of nitrogens with one attached hydrogen (secondary N) is 1. The summed E-state index contributed by atoms with van der Waals surface area (Å²) in [6.45, 7) is 8.80. The normalized spacial score (nSPS) is 11.6. The highest BCUT2D eigenvalue weighted by Gasteiger charge is 2.26. The number of aryl methyl sites for hydroxylation is 2. The largest absolute Gasteiger partial charge is 0.483 e. The van der Waals surface area contributed by atoms with Crippen molar-refractivity contribution >= 4 is 11.8 Å². The molecule has 2 rings (SSSR count). The lowest BCUT2D eigenvalue weighted by Crippen LogP contribution is -2.50. The number of hydrogen-bond donors (Lipinski definition) is 1. The van der Waals surface area contributed by atoms with Crippen molar-refractivity contribution < 1.29 is 14.3 Å². The molecule has 0 saturated carbocycles. The van der Waals surface area contributed by atoms with E-state index in [0.717, 1.165) is 29.5 Å². The van der Waals surface area contributed by atoms with E-state index in [1.807, 2.05) is 62.4 Å². The van der Waals surface area contributed by atoms with Gasteiger partial charge in [-0.3, -0.25) is 9.59 Å². The van der Waals surface area contributed by atoms with Crippen LogP contribution in [0.4, 0.5) is 0 Å². The number of rotatable bonds is 11. The van der Waals surface area contributed by atoms with Crippen LogP contribution in [0.1, 0.15) is 43.4 Å². The number of carbonyl (C=O) groups excluding carboxylic acids is 2. The first-order chi connectivity index (χ1) is 14.4. The van der Waals surface area contributed by atoms with Crippen molar-refractivity contribution in [3.63, 3.8) is 0 Å². The first kappa shape index (κ1) is 23.5.